The maximum Gasteiger partial charge on any atom is 0.349 e. The Morgan fingerprint density at radius 3 is 2.63 bits per heavy atom. The number of carbonyl (C=O) groups excluding carboxylic acids is 1. The summed E-state index contributed by atoms with van der Waals surface area (Å²) in [5, 5.41) is 9.67. The van der Waals surface area contributed by atoms with Crippen molar-refractivity contribution in [3.05, 3.63) is 53.1 Å². The molecule has 2 aromatic carbocycles. The molecule has 0 spiro atoms. The summed E-state index contributed by atoms with van der Waals surface area (Å²) in [6.07, 6.45) is 0.218. The van der Waals surface area contributed by atoms with Gasteiger partial charge in [0, 0.05) is 5.56 Å². The number of fused-ring (bicyclic) bond motifs is 1. The van der Waals surface area contributed by atoms with Gasteiger partial charge in [-0.1, -0.05) is 19.4 Å². The topological polar surface area (TPSA) is 91.3 Å². The van der Waals surface area contributed by atoms with Gasteiger partial charge in [-0.25, -0.2) is 9.59 Å². The van der Waals surface area contributed by atoms with E-state index in [0.717, 1.165) is 12.0 Å². The second-order valence-electron chi connectivity index (χ2n) is 6.01. The van der Waals surface area contributed by atoms with E-state index in [1.165, 1.54) is 7.11 Å². The first kappa shape index (κ1) is 18.6. The number of hydrogen-bond donors (Lipinski definition) is 1. The van der Waals surface area contributed by atoms with Crippen molar-refractivity contribution < 1.29 is 33.6 Å². The summed E-state index contributed by atoms with van der Waals surface area (Å²) in [5.74, 6) is -0.124. The van der Waals surface area contributed by atoms with E-state index in [-0.39, 0.29) is 6.79 Å². The quantitative estimate of drug-likeness (QED) is 0.745. The van der Waals surface area contributed by atoms with E-state index in [4.69, 9.17) is 18.9 Å². The van der Waals surface area contributed by atoms with Gasteiger partial charge in [0.05, 0.1) is 12.7 Å². The Morgan fingerprint density at radius 2 is 1.93 bits per heavy atom. The van der Waals surface area contributed by atoms with E-state index in [0.29, 0.717) is 34.8 Å². The van der Waals surface area contributed by atoms with E-state index in [2.05, 4.69) is 0 Å². The van der Waals surface area contributed by atoms with Crippen LogP contribution in [0.25, 0.3) is 0 Å². The van der Waals surface area contributed by atoms with Gasteiger partial charge in [0.25, 0.3) is 0 Å². The molecule has 0 bridgehead atoms. The van der Waals surface area contributed by atoms with Crippen molar-refractivity contribution in [1.82, 2.24) is 0 Å². The number of benzene rings is 2. The van der Waals surface area contributed by atoms with Gasteiger partial charge in [0.1, 0.15) is 5.75 Å². The highest BCUT2D eigenvalue weighted by Crippen LogP contribution is 2.36. The number of rotatable bonds is 7. The Balaban J connectivity index is 1.92. The zero-order valence-corrected chi connectivity index (χ0v) is 15.1. The third kappa shape index (κ3) is 3.97. The van der Waals surface area contributed by atoms with Gasteiger partial charge in [0.2, 0.25) is 12.9 Å². The third-order valence-electron chi connectivity index (χ3n) is 4.17. The predicted molar refractivity (Wildman–Crippen MR) is 95.3 cm³/mol. The molecule has 0 aromatic heterocycles. The van der Waals surface area contributed by atoms with Gasteiger partial charge in [-0.15, -0.1) is 0 Å². The predicted octanol–water partition coefficient (Wildman–Crippen LogP) is 3.36. The molecule has 0 fully saturated rings. The number of aliphatic carboxylic acids is 1. The summed E-state index contributed by atoms with van der Waals surface area (Å²) in [6.45, 7) is 2.09. The molecule has 0 unspecified atom stereocenters. The summed E-state index contributed by atoms with van der Waals surface area (Å²) in [7, 11) is 1.31. The van der Waals surface area contributed by atoms with Crippen LogP contribution in [0.4, 0.5) is 0 Å². The number of aryl methyl sites for hydroxylation is 1. The molecule has 7 nitrogen and oxygen atoms in total. The van der Waals surface area contributed by atoms with E-state index < -0.39 is 18.0 Å². The van der Waals surface area contributed by atoms with Gasteiger partial charge < -0.3 is 24.1 Å². The molecule has 27 heavy (non-hydrogen) atoms. The van der Waals surface area contributed by atoms with Crippen LogP contribution in [0.1, 0.15) is 40.9 Å². The number of carboxylic acid groups (broad SMARTS) is 1. The maximum atomic E-state index is 11.8. The molecule has 0 amide bonds. The number of hydrogen-bond acceptors (Lipinski definition) is 6. The highest BCUT2D eigenvalue weighted by molar-refractivity contribution is 5.89. The molecule has 0 saturated heterocycles. The Bertz CT molecular complexity index is 859. The average molecular weight is 372 g/mol. The minimum atomic E-state index is -1.22. The van der Waals surface area contributed by atoms with Crippen LogP contribution in [0.2, 0.25) is 0 Å². The van der Waals surface area contributed by atoms with Gasteiger partial charge in [-0.05, 0) is 42.3 Å². The van der Waals surface area contributed by atoms with Gasteiger partial charge in [0.15, 0.2) is 11.5 Å². The minimum Gasteiger partial charge on any atom is -0.478 e. The Labute approximate surface area is 156 Å². The molecule has 142 valence electrons. The first-order valence-electron chi connectivity index (χ1n) is 8.53. The van der Waals surface area contributed by atoms with Crippen LogP contribution >= 0.6 is 0 Å². The van der Waals surface area contributed by atoms with Crippen LogP contribution in [-0.4, -0.2) is 30.9 Å². The largest absolute Gasteiger partial charge is 0.478 e. The van der Waals surface area contributed by atoms with E-state index in [1.807, 2.05) is 6.92 Å². The Hall–Kier alpha value is -3.22. The molecule has 1 aliphatic rings. The van der Waals surface area contributed by atoms with Gasteiger partial charge in [-0.2, -0.15) is 0 Å². The second kappa shape index (κ2) is 7.99. The lowest BCUT2D eigenvalue weighted by Crippen LogP contribution is -2.19. The zero-order valence-electron chi connectivity index (χ0n) is 15.1. The molecule has 0 radical (unpaired) electrons. The molecule has 1 aliphatic heterocycles. The molecule has 2 aromatic rings. The number of methoxy groups -OCH3 is 1. The first-order chi connectivity index (χ1) is 13.0. The number of carbonyl (C=O) groups is 2. The fourth-order valence-corrected chi connectivity index (χ4v) is 2.87. The second-order valence-corrected chi connectivity index (χ2v) is 6.01. The van der Waals surface area contributed by atoms with Gasteiger partial charge >= 0.3 is 11.9 Å². The van der Waals surface area contributed by atoms with Crippen molar-refractivity contribution >= 4 is 11.9 Å². The molecule has 7 heteroatoms. The van der Waals surface area contributed by atoms with Crippen LogP contribution in [-0.2, 0) is 16.0 Å². The fourth-order valence-electron chi connectivity index (χ4n) is 2.87. The number of carboxylic acids is 1. The summed E-state index contributed by atoms with van der Waals surface area (Å²) in [4.78, 5) is 23.6. The lowest BCUT2D eigenvalue weighted by Gasteiger charge is -2.19. The summed E-state index contributed by atoms with van der Waals surface area (Å²) in [6, 6.07) is 9.71. The van der Waals surface area contributed by atoms with Crippen LogP contribution in [0, 0.1) is 0 Å². The Kier molecular flexibility index (Phi) is 5.49. The Morgan fingerprint density at radius 1 is 1.15 bits per heavy atom. The van der Waals surface area contributed by atoms with Crippen molar-refractivity contribution in [2.75, 3.05) is 13.9 Å². The highest BCUT2D eigenvalue weighted by atomic mass is 16.7. The molecule has 0 aliphatic carbocycles. The molecular formula is C20H20O7. The van der Waals surface area contributed by atoms with E-state index in [1.54, 1.807) is 36.4 Å². The summed E-state index contributed by atoms with van der Waals surface area (Å²) >= 11 is 0. The summed E-state index contributed by atoms with van der Waals surface area (Å²) in [5.41, 5.74) is 1.57. The summed E-state index contributed by atoms with van der Waals surface area (Å²) < 4.78 is 21.1. The lowest BCUT2D eigenvalue weighted by atomic mass is 10.0. The fraction of sp³-hybridized carbons (Fsp3) is 0.300. The molecule has 3 rings (SSSR count). The lowest BCUT2D eigenvalue weighted by molar-refractivity contribution is -0.145. The van der Waals surface area contributed by atoms with Crippen LogP contribution in [0.15, 0.2) is 36.4 Å². The van der Waals surface area contributed by atoms with Crippen molar-refractivity contribution in [3.63, 3.8) is 0 Å². The highest BCUT2D eigenvalue weighted by Gasteiger charge is 2.26. The van der Waals surface area contributed by atoms with Crippen LogP contribution in [0.5, 0.6) is 17.2 Å². The van der Waals surface area contributed by atoms with Crippen LogP contribution < -0.4 is 14.2 Å². The number of esters is 1. The monoisotopic (exact) mass is 372 g/mol. The molecule has 1 heterocycles. The minimum absolute atomic E-state index is 0.104. The van der Waals surface area contributed by atoms with Crippen LogP contribution in [0.3, 0.4) is 0 Å². The van der Waals surface area contributed by atoms with E-state index in [9.17, 15) is 14.7 Å². The number of ether oxygens (including phenoxy) is 4. The van der Waals surface area contributed by atoms with E-state index >= 15 is 0 Å². The van der Waals surface area contributed by atoms with Crippen molar-refractivity contribution in [2.45, 2.75) is 25.9 Å². The molecule has 0 saturated carbocycles. The van der Waals surface area contributed by atoms with Crippen molar-refractivity contribution in [1.29, 1.82) is 0 Å². The SMILES string of the molecule is CCCc1cc(C(=O)OC)ccc1O[C@H](C(=O)O)c1ccc2c(c1)OCO2. The third-order valence-corrected chi connectivity index (χ3v) is 4.17. The smallest absolute Gasteiger partial charge is 0.349 e. The maximum absolute atomic E-state index is 11.8. The molecular weight excluding hydrogens is 352 g/mol. The van der Waals surface area contributed by atoms with Gasteiger partial charge in [-0.3, -0.25) is 0 Å². The standard InChI is InChI=1S/C20H20O7/c1-3-4-12-9-14(20(23)24-2)6-7-15(12)27-18(19(21)22)13-5-8-16-17(10-13)26-11-25-16/h5-10,18H,3-4,11H2,1-2H3,(H,21,22)/t18-/m0/s1. The molecule has 1 atom stereocenters. The van der Waals surface area contributed by atoms with Crippen molar-refractivity contribution in [3.8, 4) is 17.2 Å². The first-order valence-corrected chi connectivity index (χ1v) is 8.53. The zero-order chi connectivity index (χ0) is 19.4. The molecule has 1 N–H and O–H groups in total. The van der Waals surface area contributed by atoms with Crippen molar-refractivity contribution in [2.24, 2.45) is 0 Å². The average Bonchev–Trinajstić information content (AvgIpc) is 3.14. The normalized spacial score (nSPS) is 13.1.